The predicted molar refractivity (Wildman–Crippen MR) is 98.7 cm³/mol. The highest BCUT2D eigenvalue weighted by Crippen LogP contribution is 2.29. The molecule has 4 rings (SSSR count). The highest BCUT2D eigenvalue weighted by molar-refractivity contribution is 7.22. The maximum absolute atomic E-state index is 12.3. The van der Waals surface area contributed by atoms with Crippen LogP contribution in [0.5, 0.6) is 0 Å². The van der Waals surface area contributed by atoms with Crippen LogP contribution in [-0.4, -0.2) is 25.7 Å². The number of nitrogens with one attached hydrogen (secondary N) is 1. The highest BCUT2D eigenvalue weighted by Gasteiger charge is 2.14. The number of nitrogens with zero attached hydrogens (tertiary/aromatic N) is 4. The SMILES string of the molecule is Cc1ccccc1-c1ccc2nc(NC(=O)c3ccnn3C)sc2n1. The lowest BCUT2D eigenvalue weighted by atomic mass is 10.1. The van der Waals surface area contributed by atoms with E-state index >= 15 is 0 Å². The first-order chi connectivity index (χ1) is 12.1. The normalized spacial score (nSPS) is 11.0. The number of amides is 1. The number of aromatic nitrogens is 4. The molecule has 6 nitrogen and oxygen atoms in total. The molecule has 0 aliphatic carbocycles. The number of carbonyl (C=O) groups excluding carboxylic acids is 1. The van der Waals surface area contributed by atoms with Crippen molar-refractivity contribution in [2.75, 3.05) is 5.32 Å². The molecular formula is C18H15N5OS. The lowest BCUT2D eigenvalue weighted by molar-refractivity contribution is 0.101. The van der Waals surface area contributed by atoms with Crippen LogP contribution in [0.25, 0.3) is 21.6 Å². The third-order valence-electron chi connectivity index (χ3n) is 3.95. The van der Waals surface area contributed by atoms with Crippen LogP contribution in [0.4, 0.5) is 5.13 Å². The first kappa shape index (κ1) is 15.5. The molecule has 0 unspecified atom stereocenters. The summed E-state index contributed by atoms with van der Waals surface area (Å²) in [5, 5.41) is 7.34. The number of aryl methyl sites for hydroxylation is 2. The number of fused-ring (bicyclic) bond motifs is 1. The second-order valence-corrected chi connectivity index (χ2v) is 6.63. The Hall–Kier alpha value is -3.06. The van der Waals surface area contributed by atoms with E-state index < -0.39 is 0 Å². The molecule has 3 heterocycles. The van der Waals surface area contributed by atoms with Crippen molar-refractivity contribution in [3.8, 4) is 11.3 Å². The lowest BCUT2D eigenvalue weighted by Crippen LogP contribution is -2.15. The Labute approximate surface area is 148 Å². The van der Waals surface area contributed by atoms with Crippen LogP contribution in [0.2, 0.25) is 0 Å². The monoisotopic (exact) mass is 349 g/mol. The number of hydrogen-bond donors (Lipinski definition) is 1. The fraction of sp³-hybridized carbons (Fsp3) is 0.111. The maximum Gasteiger partial charge on any atom is 0.275 e. The molecule has 0 aliphatic rings. The summed E-state index contributed by atoms with van der Waals surface area (Å²) in [7, 11) is 1.73. The molecule has 1 N–H and O–H groups in total. The van der Waals surface area contributed by atoms with E-state index in [-0.39, 0.29) is 5.91 Å². The number of pyridine rings is 1. The predicted octanol–water partition coefficient (Wildman–Crippen LogP) is 3.65. The molecule has 3 aromatic heterocycles. The molecule has 0 saturated carbocycles. The fourth-order valence-electron chi connectivity index (χ4n) is 2.64. The molecule has 0 aliphatic heterocycles. The van der Waals surface area contributed by atoms with E-state index in [2.05, 4.69) is 34.5 Å². The Bertz CT molecular complexity index is 1080. The van der Waals surface area contributed by atoms with Gasteiger partial charge < -0.3 is 0 Å². The summed E-state index contributed by atoms with van der Waals surface area (Å²) in [6.07, 6.45) is 1.59. The van der Waals surface area contributed by atoms with Gasteiger partial charge in [-0.15, -0.1) is 0 Å². The van der Waals surface area contributed by atoms with Crippen molar-refractivity contribution in [3.63, 3.8) is 0 Å². The number of rotatable bonds is 3. The van der Waals surface area contributed by atoms with Gasteiger partial charge in [0.25, 0.3) is 5.91 Å². The summed E-state index contributed by atoms with van der Waals surface area (Å²) < 4.78 is 1.52. The van der Waals surface area contributed by atoms with Crippen molar-refractivity contribution in [1.82, 2.24) is 19.7 Å². The molecule has 0 spiro atoms. The summed E-state index contributed by atoms with van der Waals surface area (Å²) in [6.45, 7) is 2.06. The van der Waals surface area contributed by atoms with E-state index in [9.17, 15) is 4.79 Å². The molecule has 1 aromatic carbocycles. The number of hydrogen-bond acceptors (Lipinski definition) is 5. The van der Waals surface area contributed by atoms with Gasteiger partial charge in [-0.3, -0.25) is 14.8 Å². The topological polar surface area (TPSA) is 72.7 Å². The average molecular weight is 349 g/mol. The zero-order chi connectivity index (χ0) is 17.4. The molecular weight excluding hydrogens is 334 g/mol. The van der Waals surface area contributed by atoms with E-state index in [4.69, 9.17) is 4.98 Å². The molecule has 25 heavy (non-hydrogen) atoms. The molecule has 7 heteroatoms. The number of thiazole rings is 1. The second kappa shape index (κ2) is 6.10. The van der Waals surface area contributed by atoms with Crippen LogP contribution in [-0.2, 0) is 7.05 Å². The smallest absolute Gasteiger partial charge is 0.275 e. The standard InChI is InChI=1S/C18H15N5OS/c1-11-5-3-4-6-12(11)13-7-8-14-17(20-13)25-18(21-14)22-16(24)15-9-10-19-23(15)2/h3-10H,1-2H3,(H,21,22,24). The molecule has 0 fully saturated rings. The summed E-state index contributed by atoms with van der Waals surface area (Å²) in [5.74, 6) is -0.238. The van der Waals surface area contributed by atoms with Crippen molar-refractivity contribution in [2.45, 2.75) is 6.92 Å². The van der Waals surface area contributed by atoms with Gasteiger partial charge in [-0.25, -0.2) is 9.97 Å². The first-order valence-electron chi connectivity index (χ1n) is 7.75. The van der Waals surface area contributed by atoms with Crippen molar-refractivity contribution in [3.05, 3.63) is 59.9 Å². The minimum absolute atomic E-state index is 0.238. The Morgan fingerprint density at radius 2 is 1.96 bits per heavy atom. The molecule has 4 aromatic rings. The van der Waals surface area contributed by atoms with E-state index in [0.717, 1.165) is 21.6 Å². The Morgan fingerprint density at radius 1 is 1.12 bits per heavy atom. The third-order valence-corrected chi connectivity index (χ3v) is 4.83. The number of anilines is 1. The largest absolute Gasteiger partial charge is 0.296 e. The van der Waals surface area contributed by atoms with Crippen molar-refractivity contribution < 1.29 is 4.79 Å². The zero-order valence-corrected chi connectivity index (χ0v) is 14.5. The molecule has 0 bridgehead atoms. The van der Waals surface area contributed by atoms with Crippen molar-refractivity contribution >= 4 is 32.7 Å². The Balaban J connectivity index is 1.66. The van der Waals surface area contributed by atoms with Gasteiger partial charge in [0.1, 0.15) is 16.0 Å². The van der Waals surface area contributed by atoms with Gasteiger partial charge >= 0.3 is 0 Å². The number of benzene rings is 1. The van der Waals surface area contributed by atoms with Crippen LogP contribution < -0.4 is 5.32 Å². The summed E-state index contributed by atoms with van der Waals surface area (Å²) in [6, 6.07) is 13.7. The summed E-state index contributed by atoms with van der Waals surface area (Å²) in [4.78, 5) is 22.2. The minimum Gasteiger partial charge on any atom is -0.296 e. The van der Waals surface area contributed by atoms with Gasteiger partial charge in [0.2, 0.25) is 0 Å². The van der Waals surface area contributed by atoms with Crippen LogP contribution in [0, 0.1) is 6.92 Å². The van der Waals surface area contributed by atoms with Crippen LogP contribution >= 0.6 is 11.3 Å². The van der Waals surface area contributed by atoms with Crippen LogP contribution in [0.15, 0.2) is 48.7 Å². The van der Waals surface area contributed by atoms with E-state index in [1.807, 2.05) is 24.3 Å². The van der Waals surface area contributed by atoms with Gasteiger partial charge in [-0.1, -0.05) is 35.6 Å². The van der Waals surface area contributed by atoms with Gasteiger partial charge in [0.15, 0.2) is 5.13 Å². The molecule has 1 amide bonds. The quantitative estimate of drug-likeness (QED) is 0.613. The van der Waals surface area contributed by atoms with Gasteiger partial charge in [0, 0.05) is 18.8 Å². The van der Waals surface area contributed by atoms with Crippen LogP contribution in [0.3, 0.4) is 0 Å². The zero-order valence-electron chi connectivity index (χ0n) is 13.7. The highest BCUT2D eigenvalue weighted by atomic mass is 32.1. The third kappa shape index (κ3) is 2.89. The van der Waals surface area contributed by atoms with Crippen molar-refractivity contribution in [1.29, 1.82) is 0 Å². The lowest BCUT2D eigenvalue weighted by Gasteiger charge is -2.03. The van der Waals surface area contributed by atoms with Gasteiger partial charge in [-0.2, -0.15) is 5.10 Å². The molecule has 0 atom stereocenters. The van der Waals surface area contributed by atoms with E-state index in [1.165, 1.54) is 21.6 Å². The Kier molecular flexibility index (Phi) is 3.77. The minimum atomic E-state index is -0.238. The average Bonchev–Trinajstić information content (AvgIpc) is 3.20. The van der Waals surface area contributed by atoms with Gasteiger partial charge in [-0.05, 0) is 30.7 Å². The van der Waals surface area contributed by atoms with Gasteiger partial charge in [0.05, 0.1) is 5.69 Å². The summed E-state index contributed by atoms with van der Waals surface area (Å²) >= 11 is 1.36. The summed E-state index contributed by atoms with van der Waals surface area (Å²) in [5.41, 5.74) is 4.41. The maximum atomic E-state index is 12.3. The second-order valence-electron chi connectivity index (χ2n) is 5.65. The molecule has 0 radical (unpaired) electrons. The molecule has 0 saturated heterocycles. The Morgan fingerprint density at radius 3 is 2.72 bits per heavy atom. The first-order valence-corrected chi connectivity index (χ1v) is 8.56. The fourth-order valence-corrected chi connectivity index (χ4v) is 3.47. The van der Waals surface area contributed by atoms with E-state index in [0.29, 0.717) is 10.8 Å². The van der Waals surface area contributed by atoms with E-state index in [1.54, 1.807) is 19.3 Å². The van der Waals surface area contributed by atoms with Crippen molar-refractivity contribution in [2.24, 2.45) is 7.05 Å². The molecule has 124 valence electrons. The van der Waals surface area contributed by atoms with Crippen LogP contribution in [0.1, 0.15) is 16.1 Å². The number of carbonyl (C=O) groups is 1.